The number of halogens is 2. The Balaban J connectivity index is -0.000000500. The van der Waals surface area contributed by atoms with E-state index in [-0.39, 0.29) is 24.8 Å². The van der Waals surface area contributed by atoms with Crippen molar-refractivity contribution >= 4 is 18.4 Å². The van der Waals surface area contributed by atoms with Crippen LogP contribution in [0.5, 0.6) is 0 Å². The molecule has 0 saturated carbocycles. The lowest BCUT2D eigenvalue weighted by Gasteiger charge is -2.05. The zero-order valence-corrected chi connectivity index (χ0v) is 10.0. The van der Waals surface area contributed by atoms with Gasteiger partial charge in [0, 0.05) is 6.54 Å². The van der Waals surface area contributed by atoms with Gasteiger partial charge in [0.05, 0.1) is 12.6 Å². The molecular weight excluding hydrogens is 209 g/mol. The quantitative estimate of drug-likeness (QED) is 0.417. The molecule has 13 heavy (non-hydrogen) atoms. The van der Waals surface area contributed by atoms with E-state index in [0.717, 1.165) is 26.1 Å². The Bertz CT molecular complexity index is 142. The Labute approximate surface area is 93.2 Å². The van der Waals surface area contributed by atoms with Gasteiger partial charge in [0.15, 0.2) is 0 Å². The van der Waals surface area contributed by atoms with Crippen molar-refractivity contribution in [1.82, 2.24) is 4.90 Å². The van der Waals surface area contributed by atoms with Crippen LogP contribution < -0.4 is 12.4 Å². The summed E-state index contributed by atoms with van der Waals surface area (Å²) in [5.41, 5.74) is 0. The predicted octanol–water partition coefficient (Wildman–Crippen LogP) is -1.44. The molecule has 0 aromatic carbocycles. The number of hydrogen-bond donors (Lipinski definition) is 0. The molecule has 0 fully saturated rings. The number of rotatable bonds is 5. The highest BCUT2D eigenvalue weighted by Gasteiger charge is 1.86. The molecular formula is C8H18Cl2N3-. The summed E-state index contributed by atoms with van der Waals surface area (Å²) in [4.78, 5) is 9.99. The summed E-state index contributed by atoms with van der Waals surface area (Å²) in [6, 6.07) is 2.64. The second-order valence-electron chi connectivity index (χ2n) is 2.61. The molecule has 0 spiro atoms. The number of nitrogens with zero attached hydrogens (tertiary/aromatic N) is 3. The lowest BCUT2D eigenvalue weighted by atomic mass is 10.4. The van der Waals surface area contributed by atoms with Gasteiger partial charge in [-0.2, -0.15) is 0 Å². The van der Waals surface area contributed by atoms with Gasteiger partial charge in [0.2, 0.25) is 0 Å². The average Bonchev–Trinajstić information content (AvgIpc) is 1.96. The summed E-state index contributed by atoms with van der Waals surface area (Å²) in [5, 5.41) is 0. The fourth-order valence-electron chi connectivity index (χ4n) is 0.637. The van der Waals surface area contributed by atoms with E-state index in [4.69, 9.17) is 0 Å². The van der Waals surface area contributed by atoms with Crippen molar-refractivity contribution in [1.29, 1.82) is 0 Å². The van der Waals surface area contributed by atoms with Gasteiger partial charge >= 0.3 is 0 Å². The predicted molar refractivity (Wildman–Crippen MR) is 55.7 cm³/mol. The second kappa shape index (κ2) is 14.4. The van der Waals surface area contributed by atoms with E-state index < -0.39 is 0 Å². The van der Waals surface area contributed by atoms with Gasteiger partial charge in [-0.1, -0.05) is 0 Å². The molecule has 0 aliphatic heterocycles. The third-order valence-corrected chi connectivity index (χ3v) is 1.17. The lowest BCUT2D eigenvalue weighted by molar-refractivity contribution is -0.00000278. The molecule has 0 amide bonds. The van der Waals surface area contributed by atoms with Crippen LogP contribution in [0.25, 0.3) is 0 Å². The molecule has 0 N–H and O–H groups in total. The van der Waals surface area contributed by atoms with E-state index in [2.05, 4.69) is 35.0 Å². The zero-order chi connectivity index (χ0) is 8.53. The number of hydrogen-bond acceptors (Lipinski definition) is 3. The third-order valence-electron chi connectivity index (χ3n) is 1.17. The van der Waals surface area contributed by atoms with Gasteiger partial charge in [-0.05, 0) is 34.0 Å². The SMILES string of the molecule is CCN=C=NCCCN(C)C.Cl.[Cl-]. The maximum atomic E-state index is 3.99. The van der Waals surface area contributed by atoms with Crippen molar-refractivity contribution < 1.29 is 12.4 Å². The first-order chi connectivity index (χ1) is 5.27. The van der Waals surface area contributed by atoms with Crippen LogP contribution in [0.3, 0.4) is 0 Å². The molecule has 0 aromatic rings. The van der Waals surface area contributed by atoms with E-state index in [1.165, 1.54) is 0 Å². The van der Waals surface area contributed by atoms with Gasteiger partial charge in [-0.3, -0.25) is 0 Å². The summed E-state index contributed by atoms with van der Waals surface area (Å²) >= 11 is 0. The Morgan fingerprint density at radius 2 is 1.85 bits per heavy atom. The highest BCUT2D eigenvalue weighted by molar-refractivity contribution is 5.85. The minimum absolute atomic E-state index is 0. The van der Waals surface area contributed by atoms with E-state index in [1.807, 2.05) is 6.92 Å². The first-order valence-corrected chi connectivity index (χ1v) is 4.00. The largest absolute Gasteiger partial charge is 1.00 e. The van der Waals surface area contributed by atoms with Crippen molar-refractivity contribution in [3.05, 3.63) is 0 Å². The topological polar surface area (TPSA) is 28.0 Å². The monoisotopic (exact) mass is 226 g/mol. The van der Waals surface area contributed by atoms with Crippen molar-refractivity contribution in [2.24, 2.45) is 9.98 Å². The minimum atomic E-state index is 0. The molecule has 0 radical (unpaired) electrons. The van der Waals surface area contributed by atoms with Gasteiger partial charge in [-0.25, -0.2) is 9.98 Å². The summed E-state index contributed by atoms with van der Waals surface area (Å²) in [7, 11) is 4.12. The highest BCUT2D eigenvalue weighted by Crippen LogP contribution is 1.82. The molecule has 0 aliphatic rings. The van der Waals surface area contributed by atoms with Crippen molar-refractivity contribution in [2.75, 3.05) is 33.7 Å². The van der Waals surface area contributed by atoms with E-state index in [1.54, 1.807) is 0 Å². The minimum Gasteiger partial charge on any atom is -1.00 e. The maximum Gasteiger partial charge on any atom is 0.0892 e. The van der Waals surface area contributed by atoms with Crippen molar-refractivity contribution in [2.45, 2.75) is 13.3 Å². The van der Waals surface area contributed by atoms with E-state index in [0.29, 0.717) is 0 Å². The van der Waals surface area contributed by atoms with Crippen LogP contribution >= 0.6 is 12.4 Å². The standard InChI is InChI=1S/C8H17N3.2ClH/c1-4-9-8-10-6-5-7-11(2)3;;/h4-7H2,1-3H3;2*1H/p-1. The fraction of sp³-hybridized carbons (Fsp3) is 0.875. The summed E-state index contributed by atoms with van der Waals surface area (Å²) in [6.45, 7) is 4.67. The van der Waals surface area contributed by atoms with Crippen LogP contribution in [0, 0.1) is 0 Å². The van der Waals surface area contributed by atoms with Crippen LogP contribution in [0.1, 0.15) is 13.3 Å². The maximum absolute atomic E-state index is 3.99. The average molecular weight is 227 g/mol. The van der Waals surface area contributed by atoms with Crippen LogP contribution in [-0.2, 0) is 0 Å². The zero-order valence-electron chi connectivity index (χ0n) is 8.46. The van der Waals surface area contributed by atoms with E-state index in [9.17, 15) is 0 Å². The Morgan fingerprint density at radius 3 is 2.31 bits per heavy atom. The van der Waals surface area contributed by atoms with E-state index >= 15 is 0 Å². The fourth-order valence-corrected chi connectivity index (χ4v) is 0.637. The van der Waals surface area contributed by atoms with Gasteiger partial charge < -0.3 is 17.3 Å². The first-order valence-electron chi connectivity index (χ1n) is 4.00. The van der Waals surface area contributed by atoms with Crippen molar-refractivity contribution in [3.8, 4) is 0 Å². The molecule has 0 aliphatic carbocycles. The second-order valence-corrected chi connectivity index (χ2v) is 2.61. The van der Waals surface area contributed by atoms with Crippen LogP contribution in [0.15, 0.2) is 9.98 Å². The van der Waals surface area contributed by atoms with Crippen LogP contribution in [0.2, 0.25) is 0 Å². The molecule has 0 atom stereocenters. The van der Waals surface area contributed by atoms with Gasteiger partial charge in [0.1, 0.15) is 0 Å². The third kappa shape index (κ3) is 18.7. The number of aliphatic imine (C=N–C) groups is 2. The first kappa shape index (κ1) is 18.7. The molecule has 5 heteroatoms. The van der Waals surface area contributed by atoms with Crippen LogP contribution in [0.4, 0.5) is 0 Å². The Kier molecular flexibility index (Phi) is 20.7. The molecule has 0 rings (SSSR count). The van der Waals surface area contributed by atoms with Crippen molar-refractivity contribution in [3.63, 3.8) is 0 Å². The summed E-state index contributed by atoms with van der Waals surface area (Å²) < 4.78 is 0. The summed E-state index contributed by atoms with van der Waals surface area (Å²) in [6.07, 6.45) is 1.08. The molecule has 3 nitrogen and oxygen atoms in total. The normalized spacial score (nSPS) is 8.00. The molecule has 0 saturated heterocycles. The molecule has 0 heterocycles. The van der Waals surface area contributed by atoms with Crippen LogP contribution in [-0.4, -0.2) is 44.6 Å². The molecule has 0 unspecified atom stereocenters. The molecule has 80 valence electrons. The molecule has 0 bridgehead atoms. The summed E-state index contributed by atoms with van der Waals surface area (Å²) in [5.74, 6) is 0. The Hall–Kier alpha value is -0.0800. The lowest BCUT2D eigenvalue weighted by Crippen LogP contribution is -3.00. The smallest absolute Gasteiger partial charge is 0.0892 e. The Morgan fingerprint density at radius 1 is 1.23 bits per heavy atom. The molecule has 0 aromatic heterocycles. The van der Waals surface area contributed by atoms with Gasteiger partial charge in [0.25, 0.3) is 0 Å². The van der Waals surface area contributed by atoms with Gasteiger partial charge in [-0.15, -0.1) is 12.4 Å². The highest BCUT2D eigenvalue weighted by atomic mass is 35.5.